The molecule has 1 heterocycles. The van der Waals surface area contributed by atoms with Crippen LogP contribution >= 0.6 is 0 Å². The van der Waals surface area contributed by atoms with Crippen molar-refractivity contribution in [2.24, 2.45) is 0 Å². The van der Waals surface area contributed by atoms with E-state index in [9.17, 15) is 4.79 Å². The second kappa shape index (κ2) is 8.34. The highest BCUT2D eigenvalue weighted by Crippen LogP contribution is 2.26. The van der Waals surface area contributed by atoms with E-state index in [0.717, 1.165) is 35.3 Å². The maximum Gasteiger partial charge on any atom is 0.265 e. The number of hydrogen-bond acceptors (Lipinski definition) is 3. The zero-order valence-corrected chi connectivity index (χ0v) is 16.2. The number of nitrogens with zero attached hydrogens (tertiary/aromatic N) is 1. The Kier molecular flexibility index (Phi) is 5.47. The average molecular weight is 374 g/mol. The Morgan fingerprint density at radius 3 is 2.43 bits per heavy atom. The van der Waals surface area contributed by atoms with E-state index in [1.54, 1.807) is 6.92 Å². The number of nitrogens with one attached hydrogen (secondary N) is 1. The van der Waals surface area contributed by atoms with Crippen LogP contribution < -0.4 is 15.0 Å². The van der Waals surface area contributed by atoms with E-state index in [-0.39, 0.29) is 5.91 Å². The number of piperidine rings is 1. The number of hydrogen-bond donors (Lipinski definition) is 1. The minimum atomic E-state index is -0.590. The molecular formula is C24H26N2O2. The van der Waals surface area contributed by atoms with E-state index < -0.39 is 6.10 Å². The molecule has 1 aliphatic rings. The number of carbonyl (C=O) groups excluding carboxylic acids is 1. The number of fused-ring (bicyclic) bond motifs is 1. The van der Waals surface area contributed by atoms with Crippen LogP contribution in [-0.4, -0.2) is 25.1 Å². The van der Waals surface area contributed by atoms with E-state index in [0.29, 0.717) is 0 Å². The number of rotatable bonds is 5. The molecule has 0 aliphatic carbocycles. The van der Waals surface area contributed by atoms with Crippen LogP contribution in [0.4, 0.5) is 11.4 Å². The molecule has 0 bridgehead atoms. The third-order valence-electron chi connectivity index (χ3n) is 5.28. The Labute approximate surface area is 166 Å². The van der Waals surface area contributed by atoms with Crippen LogP contribution in [0, 0.1) is 0 Å². The van der Waals surface area contributed by atoms with Crippen LogP contribution in [0.3, 0.4) is 0 Å². The summed E-state index contributed by atoms with van der Waals surface area (Å²) in [5.41, 5.74) is 2.01. The Hall–Kier alpha value is -3.01. The van der Waals surface area contributed by atoms with Crippen molar-refractivity contribution in [3.8, 4) is 5.75 Å². The van der Waals surface area contributed by atoms with Gasteiger partial charge in [-0.1, -0.05) is 36.4 Å². The lowest BCUT2D eigenvalue weighted by atomic mass is 10.1. The third kappa shape index (κ3) is 4.11. The second-order valence-electron chi connectivity index (χ2n) is 7.32. The Morgan fingerprint density at radius 2 is 1.64 bits per heavy atom. The topological polar surface area (TPSA) is 41.6 Å². The molecule has 0 radical (unpaired) electrons. The molecule has 144 valence electrons. The zero-order chi connectivity index (χ0) is 19.3. The quantitative estimate of drug-likeness (QED) is 0.664. The van der Waals surface area contributed by atoms with Crippen molar-refractivity contribution in [1.82, 2.24) is 0 Å². The number of benzene rings is 3. The molecule has 4 nitrogen and oxygen atoms in total. The van der Waals surface area contributed by atoms with Gasteiger partial charge in [-0.2, -0.15) is 0 Å². The summed E-state index contributed by atoms with van der Waals surface area (Å²) in [5.74, 6) is 0.569. The summed E-state index contributed by atoms with van der Waals surface area (Å²) in [6.45, 7) is 4.00. The Morgan fingerprint density at radius 1 is 0.929 bits per heavy atom. The zero-order valence-electron chi connectivity index (χ0n) is 16.2. The summed E-state index contributed by atoms with van der Waals surface area (Å²) >= 11 is 0. The highest BCUT2D eigenvalue weighted by molar-refractivity contribution is 5.95. The number of carbonyl (C=O) groups is 1. The van der Waals surface area contributed by atoms with E-state index in [1.165, 1.54) is 24.9 Å². The van der Waals surface area contributed by atoms with Crippen LogP contribution in [-0.2, 0) is 4.79 Å². The SMILES string of the molecule is C[C@@H](Oc1cccc2ccccc12)C(=O)Nc1ccc(N2CCCCC2)cc1. The van der Waals surface area contributed by atoms with Gasteiger partial charge in [-0.15, -0.1) is 0 Å². The first-order valence-corrected chi connectivity index (χ1v) is 10.0. The molecule has 4 heteroatoms. The minimum absolute atomic E-state index is 0.154. The maximum atomic E-state index is 12.6. The molecule has 0 aromatic heterocycles. The fourth-order valence-corrected chi connectivity index (χ4v) is 3.69. The highest BCUT2D eigenvalue weighted by Gasteiger charge is 2.16. The van der Waals surface area contributed by atoms with Gasteiger partial charge in [0.25, 0.3) is 5.91 Å². The van der Waals surface area contributed by atoms with Gasteiger partial charge in [0.05, 0.1) is 0 Å². The molecule has 1 saturated heterocycles. The number of ether oxygens (including phenoxy) is 1. The van der Waals surface area contributed by atoms with Gasteiger partial charge < -0.3 is 15.0 Å². The van der Waals surface area contributed by atoms with Crippen molar-refractivity contribution in [1.29, 1.82) is 0 Å². The van der Waals surface area contributed by atoms with Gasteiger partial charge in [-0.25, -0.2) is 0 Å². The molecule has 3 aromatic carbocycles. The molecule has 1 amide bonds. The molecular weight excluding hydrogens is 348 g/mol. The van der Waals surface area contributed by atoms with Gasteiger partial charge in [0.15, 0.2) is 6.10 Å². The molecule has 0 saturated carbocycles. The largest absolute Gasteiger partial charge is 0.480 e. The summed E-state index contributed by atoms with van der Waals surface area (Å²) < 4.78 is 5.96. The first-order chi connectivity index (χ1) is 13.7. The predicted octanol–water partition coefficient (Wildman–Crippen LogP) is 5.24. The lowest BCUT2D eigenvalue weighted by Crippen LogP contribution is -2.30. The van der Waals surface area contributed by atoms with Crippen molar-refractivity contribution in [2.45, 2.75) is 32.3 Å². The fourth-order valence-electron chi connectivity index (χ4n) is 3.69. The molecule has 0 unspecified atom stereocenters. The summed E-state index contributed by atoms with van der Waals surface area (Å²) in [6.07, 6.45) is 3.23. The van der Waals surface area contributed by atoms with Crippen molar-refractivity contribution in [3.63, 3.8) is 0 Å². The maximum absolute atomic E-state index is 12.6. The van der Waals surface area contributed by atoms with Gasteiger partial charge in [0, 0.05) is 29.9 Å². The Balaban J connectivity index is 1.40. The molecule has 1 aliphatic heterocycles. The summed E-state index contributed by atoms with van der Waals surface area (Å²) in [4.78, 5) is 15.0. The molecule has 1 N–H and O–H groups in total. The summed E-state index contributed by atoms with van der Waals surface area (Å²) in [7, 11) is 0. The molecule has 3 aromatic rings. The van der Waals surface area contributed by atoms with Crippen LogP contribution in [0.1, 0.15) is 26.2 Å². The molecule has 4 rings (SSSR count). The number of anilines is 2. The van der Waals surface area contributed by atoms with Crippen molar-refractivity contribution in [3.05, 3.63) is 66.7 Å². The van der Waals surface area contributed by atoms with Crippen molar-refractivity contribution < 1.29 is 9.53 Å². The van der Waals surface area contributed by atoms with Gasteiger partial charge in [-0.05, 0) is 61.9 Å². The van der Waals surface area contributed by atoms with E-state index in [4.69, 9.17) is 4.74 Å². The van der Waals surface area contributed by atoms with Crippen LogP contribution in [0.5, 0.6) is 5.75 Å². The van der Waals surface area contributed by atoms with Gasteiger partial charge in [0.1, 0.15) is 5.75 Å². The van der Waals surface area contributed by atoms with E-state index in [2.05, 4.69) is 22.3 Å². The van der Waals surface area contributed by atoms with Crippen LogP contribution in [0.15, 0.2) is 66.7 Å². The van der Waals surface area contributed by atoms with Crippen LogP contribution in [0.2, 0.25) is 0 Å². The molecule has 1 atom stereocenters. The second-order valence-corrected chi connectivity index (χ2v) is 7.32. The van der Waals surface area contributed by atoms with Gasteiger partial charge >= 0.3 is 0 Å². The molecule has 0 spiro atoms. The Bertz CT molecular complexity index is 941. The molecule has 1 fully saturated rings. The first kappa shape index (κ1) is 18.4. The standard InChI is InChI=1S/C24H26N2O2/c1-18(28-23-11-7-9-19-8-3-4-10-22(19)23)24(27)25-20-12-14-21(15-13-20)26-16-5-2-6-17-26/h3-4,7-15,18H,2,5-6,16-17H2,1H3,(H,25,27)/t18-/m1/s1. The van der Waals surface area contributed by atoms with E-state index in [1.807, 2.05) is 54.6 Å². The lowest BCUT2D eigenvalue weighted by molar-refractivity contribution is -0.122. The van der Waals surface area contributed by atoms with Crippen molar-refractivity contribution >= 4 is 28.1 Å². The lowest BCUT2D eigenvalue weighted by Gasteiger charge is -2.28. The third-order valence-corrected chi connectivity index (χ3v) is 5.28. The smallest absolute Gasteiger partial charge is 0.265 e. The summed E-state index contributed by atoms with van der Waals surface area (Å²) in [5, 5.41) is 5.07. The van der Waals surface area contributed by atoms with Crippen molar-refractivity contribution in [2.75, 3.05) is 23.3 Å². The number of amides is 1. The fraction of sp³-hybridized carbons (Fsp3) is 0.292. The minimum Gasteiger partial charge on any atom is -0.480 e. The van der Waals surface area contributed by atoms with Gasteiger partial charge in [-0.3, -0.25) is 4.79 Å². The average Bonchev–Trinajstić information content (AvgIpc) is 2.75. The predicted molar refractivity (Wildman–Crippen MR) is 115 cm³/mol. The highest BCUT2D eigenvalue weighted by atomic mass is 16.5. The van der Waals surface area contributed by atoms with Gasteiger partial charge in [0.2, 0.25) is 0 Å². The normalized spacial score (nSPS) is 15.2. The monoisotopic (exact) mass is 374 g/mol. The van der Waals surface area contributed by atoms with Crippen LogP contribution in [0.25, 0.3) is 10.8 Å². The van der Waals surface area contributed by atoms with E-state index >= 15 is 0 Å². The first-order valence-electron chi connectivity index (χ1n) is 10.0. The summed E-state index contributed by atoms with van der Waals surface area (Å²) in [6, 6.07) is 22.0. The molecule has 28 heavy (non-hydrogen) atoms.